The molecule has 4 aromatic carbocycles. The summed E-state index contributed by atoms with van der Waals surface area (Å²) in [6, 6.07) is 30.0. The molecule has 0 bridgehead atoms. The van der Waals surface area contributed by atoms with Crippen LogP contribution in [0.15, 0.2) is 108 Å². The van der Waals surface area contributed by atoms with Gasteiger partial charge in [-0.2, -0.15) is 0 Å². The monoisotopic (exact) mass is 525 g/mol. The van der Waals surface area contributed by atoms with Crippen LogP contribution in [0.4, 0.5) is 0 Å². The minimum Gasteiger partial charge on any atom is -0.489 e. The molecule has 1 aliphatic carbocycles. The smallest absolute Gasteiger partial charge is 0.241 e. The summed E-state index contributed by atoms with van der Waals surface area (Å²) in [5.74, 6) is 1.20. The highest BCUT2D eigenvalue weighted by molar-refractivity contribution is 7.89. The number of fused-ring (bicyclic) bond motifs is 1. The van der Waals surface area contributed by atoms with Gasteiger partial charge in [-0.1, -0.05) is 97.4 Å². The molecule has 5 rings (SSSR count). The number of benzene rings is 4. The Morgan fingerprint density at radius 3 is 1.89 bits per heavy atom. The number of hydrogen-bond donors (Lipinski definition) is 1. The van der Waals surface area contributed by atoms with Crippen molar-refractivity contribution in [1.82, 2.24) is 4.72 Å². The Bertz CT molecular complexity index is 1520. The maximum absolute atomic E-state index is 13.4. The molecule has 38 heavy (non-hydrogen) atoms. The Morgan fingerprint density at radius 1 is 0.737 bits per heavy atom. The molecular formula is C32H31NO4S. The van der Waals surface area contributed by atoms with Crippen LogP contribution in [0.2, 0.25) is 0 Å². The lowest BCUT2D eigenvalue weighted by Crippen LogP contribution is -2.34. The molecule has 0 aromatic heterocycles. The molecule has 5 nitrogen and oxygen atoms in total. The summed E-state index contributed by atoms with van der Waals surface area (Å²) < 4.78 is 42.4. The van der Waals surface area contributed by atoms with Crippen molar-refractivity contribution in [3.63, 3.8) is 0 Å². The molecule has 0 unspecified atom stereocenters. The van der Waals surface area contributed by atoms with Crippen molar-refractivity contribution in [3.05, 3.63) is 131 Å². The fraction of sp³-hybridized carbons (Fsp3) is 0.188. The van der Waals surface area contributed by atoms with Gasteiger partial charge in [0.25, 0.3) is 0 Å². The van der Waals surface area contributed by atoms with E-state index < -0.39 is 16.1 Å². The van der Waals surface area contributed by atoms with E-state index >= 15 is 0 Å². The second-order valence-electron chi connectivity index (χ2n) is 9.57. The lowest BCUT2D eigenvalue weighted by Gasteiger charge is -2.31. The van der Waals surface area contributed by atoms with Crippen molar-refractivity contribution < 1.29 is 17.9 Å². The fourth-order valence-electron chi connectivity index (χ4n) is 4.55. The van der Waals surface area contributed by atoms with Gasteiger partial charge in [-0.05, 0) is 48.2 Å². The lowest BCUT2D eigenvalue weighted by molar-refractivity contribution is 0.289. The topological polar surface area (TPSA) is 64.6 Å². The van der Waals surface area contributed by atoms with Gasteiger partial charge in [-0.25, -0.2) is 13.1 Å². The van der Waals surface area contributed by atoms with Gasteiger partial charge < -0.3 is 9.47 Å². The Kier molecular flexibility index (Phi) is 7.63. The van der Waals surface area contributed by atoms with Gasteiger partial charge in [-0.3, -0.25) is 0 Å². The molecule has 194 valence electrons. The van der Waals surface area contributed by atoms with Crippen molar-refractivity contribution in [2.75, 3.05) is 0 Å². The molecule has 6 heteroatoms. The highest BCUT2D eigenvalue weighted by atomic mass is 32.2. The van der Waals surface area contributed by atoms with Crippen LogP contribution in [0, 0.1) is 12.8 Å². The first-order valence-electron chi connectivity index (χ1n) is 12.7. The van der Waals surface area contributed by atoms with Gasteiger partial charge in [-0.15, -0.1) is 0 Å². The van der Waals surface area contributed by atoms with E-state index in [1.165, 1.54) is 0 Å². The van der Waals surface area contributed by atoms with E-state index in [1.54, 1.807) is 24.3 Å². The van der Waals surface area contributed by atoms with Gasteiger partial charge in [0.2, 0.25) is 10.0 Å². The van der Waals surface area contributed by atoms with E-state index in [-0.39, 0.29) is 10.8 Å². The van der Waals surface area contributed by atoms with Gasteiger partial charge >= 0.3 is 0 Å². The number of aryl methyl sites for hydroxylation is 1. The molecule has 0 saturated carbocycles. The standard InChI is InChI=1S/C32H31NO4S/c1-23-13-16-27(17-14-23)38(34,35)33-32-24(2)15-18-28-29(36-21-25-9-5-3-6-10-25)19-20-30(31(28)32)37-22-26-11-7-4-8-12-26/h3-20,24,32-33H,21-22H2,1-2H3/t24-,32-/m0/s1. The zero-order valence-electron chi connectivity index (χ0n) is 21.5. The SMILES string of the molecule is Cc1ccc(S(=O)(=O)N[C@@H]2c3c(OCc4ccccc4)ccc(OCc4ccccc4)c3C=C[C@@H]2C)cc1. The van der Waals surface area contributed by atoms with E-state index in [9.17, 15) is 8.42 Å². The Balaban J connectivity index is 1.51. The predicted molar refractivity (Wildman–Crippen MR) is 150 cm³/mol. The third-order valence-electron chi connectivity index (χ3n) is 6.70. The Hall–Kier alpha value is -3.87. The predicted octanol–water partition coefficient (Wildman–Crippen LogP) is 6.84. The first kappa shape index (κ1) is 25.8. The van der Waals surface area contributed by atoms with Crippen LogP contribution in [0.5, 0.6) is 11.5 Å². The lowest BCUT2D eigenvalue weighted by atomic mass is 9.85. The molecule has 2 atom stereocenters. The summed E-state index contributed by atoms with van der Waals surface area (Å²) in [5.41, 5.74) is 4.68. The molecule has 0 aliphatic heterocycles. The van der Waals surface area contributed by atoms with Crippen LogP contribution in [0.3, 0.4) is 0 Å². The van der Waals surface area contributed by atoms with Crippen LogP contribution in [-0.4, -0.2) is 8.42 Å². The van der Waals surface area contributed by atoms with Crippen LogP contribution < -0.4 is 14.2 Å². The zero-order chi connectivity index (χ0) is 26.5. The molecule has 0 spiro atoms. The molecule has 0 saturated heterocycles. The Morgan fingerprint density at radius 2 is 1.29 bits per heavy atom. The first-order valence-corrected chi connectivity index (χ1v) is 14.2. The average Bonchev–Trinajstić information content (AvgIpc) is 2.93. The number of rotatable bonds is 9. The molecular weight excluding hydrogens is 494 g/mol. The third kappa shape index (κ3) is 5.82. The number of hydrogen-bond acceptors (Lipinski definition) is 4. The maximum Gasteiger partial charge on any atom is 0.241 e. The second-order valence-corrected chi connectivity index (χ2v) is 11.3. The molecule has 0 fully saturated rings. The van der Waals surface area contributed by atoms with Gasteiger partial charge in [0.1, 0.15) is 24.7 Å². The summed E-state index contributed by atoms with van der Waals surface area (Å²) in [6.07, 6.45) is 4.02. The van der Waals surface area contributed by atoms with Gasteiger partial charge in [0.05, 0.1) is 10.9 Å². The molecule has 1 aliphatic rings. The molecule has 1 N–H and O–H groups in total. The summed E-state index contributed by atoms with van der Waals surface area (Å²) in [6.45, 7) is 4.70. The highest BCUT2D eigenvalue weighted by Crippen LogP contribution is 2.43. The van der Waals surface area contributed by atoms with E-state index in [0.29, 0.717) is 24.7 Å². The number of nitrogens with one attached hydrogen (secondary N) is 1. The van der Waals surface area contributed by atoms with Crippen LogP contribution in [0.1, 0.15) is 40.8 Å². The highest BCUT2D eigenvalue weighted by Gasteiger charge is 2.33. The largest absolute Gasteiger partial charge is 0.489 e. The van der Waals surface area contributed by atoms with Crippen LogP contribution in [0.25, 0.3) is 6.08 Å². The summed E-state index contributed by atoms with van der Waals surface area (Å²) in [5, 5.41) is 0. The molecule has 4 aromatic rings. The third-order valence-corrected chi connectivity index (χ3v) is 8.16. The maximum atomic E-state index is 13.4. The van der Waals surface area contributed by atoms with E-state index in [2.05, 4.69) is 4.72 Å². The summed E-state index contributed by atoms with van der Waals surface area (Å²) in [7, 11) is -3.78. The quantitative estimate of drug-likeness (QED) is 0.260. The van der Waals surface area contributed by atoms with Crippen molar-refractivity contribution in [2.24, 2.45) is 5.92 Å². The average molecular weight is 526 g/mol. The van der Waals surface area contributed by atoms with Crippen molar-refractivity contribution >= 4 is 16.1 Å². The number of sulfonamides is 1. The number of ether oxygens (including phenoxy) is 2. The van der Waals surface area contributed by atoms with Gasteiger partial charge in [0.15, 0.2) is 0 Å². The minimum atomic E-state index is -3.78. The van der Waals surface area contributed by atoms with E-state index in [4.69, 9.17) is 9.47 Å². The fourth-order valence-corrected chi connectivity index (χ4v) is 5.85. The van der Waals surface area contributed by atoms with Crippen molar-refractivity contribution in [1.29, 1.82) is 0 Å². The summed E-state index contributed by atoms with van der Waals surface area (Å²) >= 11 is 0. The van der Waals surface area contributed by atoms with E-state index in [0.717, 1.165) is 27.8 Å². The van der Waals surface area contributed by atoms with Crippen LogP contribution in [-0.2, 0) is 23.2 Å². The zero-order valence-corrected chi connectivity index (χ0v) is 22.3. The Labute approximate surface area is 224 Å². The van der Waals surface area contributed by atoms with E-state index in [1.807, 2.05) is 98.8 Å². The normalized spacial score (nSPS) is 16.6. The first-order chi connectivity index (χ1) is 18.4. The van der Waals surface area contributed by atoms with Crippen molar-refractivity contribution in [3.8, 4) is 11.5 Å². The second kappa shape index (κ2) is 11.3. The summed E-state index contributed by atoms with van der Waals surface area (Å²) in [4.78, 5) is 0.231. The van der Waals surface area contributed by atoms with Gasteiger partial charge in [0, 0.05) is 11.1 Å². The molecule has 0 amide bonds. The molecule has 0 heterocycles. The van der Waals surface area contributed by atoms with Crippen molar-refractivity contribution in [2.45, 2.75) is 38.0 Å². The minimum absolute atomic E-state index is 0.105. The van der Waals surface area contributed by atoms with Crippen LogP contribution >= 0.6 is 0 Å². The molecule has 0 radical (unpaired) electrons.